The van der Waals surface area contributed by atoms with Gasteiger partial charge in [-0.3, -0.25) is 9.59 Å². The number of carbonyl (C=O) groups excluding carboxylic acids is 2. The van der Waals surface area contributed by atoms with E-state index < -0.39 is 27.9 Å². The maximum atomic E-state index is 12.7. The van der Waals surface area contributed by atoms with Gasteiger partial charge in [0.1, 0.15) is 0 Å². The van der Waals surface area contributed by atoms with E-state index in [1.54, 1.807) is 13.0 Å². The Hall–Kier alpha value is -4.03. The molecular weight excluding hydrogens is 482 g/mol. The fraction of sp³-hybridized carbons (Fsp3) is 0.0952. The third-order valence-corrected chi connectivity index (χ3v) is 6.20. The lowest BCUT2D eigenvalue weighted by Crippen LogP contribution is -2.34. The van der Waals surface area contributed by atoms with Crippen molar-refractivity contribution < 1.29 is 18.0 Å². The van der Waals surface area contributed by atoms with Crippen molar-refractivity contribution >= 4 is 50.8 Å². The molecule has 2 heterocycles. The minimum Gasteiger partial charge on any atom is -0.269 e. The molecule has 2 aromatic carbocycles. The number of benzene rings is 2. The Morgan fingerprint density at radius 1 is 1.06 bits per heavy atom. The first-order valence-electron chi connectivity index (χ1n) is 9.74. The first kappa shape index (κ1) is 23.1. The van der Waals surface area contributed by atoms with Crippen LogP contribution in [0.4, 0.5) is 11.6 Å². The summed E-state index contributed by atoms with van der Waals surface area (Å²) >= 11 is 5.83. The van der Waals surface area contributed by atoms with E-state index in [-0.39, 0.29) is 16.4 Å². The molecule has 1 atom stereocenters. The van der Waals surface area contributed by atoms with Crippen LogP contribution in [-0.4, -0.2) is 47.0 Å². The number of hydrogen-bond acceptors (Lipinski definition) is 9. The number of aromatic nitrogens is 2. The van der Waals surface area contributed by atoms with E-state index in [1.165, 1.54) is 60.9 Å². The molecule has 1 aliphatic rings. The summed E-state index contributed by atoms with van der Waals surface area (Å²) in [4.78, 5) is 32.9. The van der Waals surface area contributed by atoms with E-state index in [9.17, 15) is 18.0 Å². The summed E-state index contributed by atoms with van der Waals surface area (Å²) in [5.41, 5.74) is 0.846. The molecule has 0 spiro atoms. The fourth-order valence-electron chi connectivity index (χ4n) is 2.90. The number of nitrogens with zero attached hydrogens (tertiary/aromatic N) is 6. The summed E-state index contributed by atoms with van der Waals surface area (Å²) in [5.74, 6) is -1.31. The van der Waals surface area contributed by atoms with Crippen LogP contribution in [0.1, 0.15) is 17.3 Å². The number of amides is 2. The van der Waals surface area contributed by atoms with Crippen molar-refractivity contribution in [2.75, 3.05) is 4.72 Å². The number of hydrazone groups is 1. The van der Waals surface area contributed by atoms with Crippen molar-refractivity contribution in [1.82, 2.24) is 15.0 Å². The van der Waals surface area contributed by atoms with Crippen LogP contribution in [0.3, 0.4) is 0 Å². The largest absolute Gasteiger partial charge is 0.282 e. The van der Waals surface area contributed by atoms with Crippen LogP contribution < -0.4 is 4.72 Å². The third-order valence-electron chi connectivity index (χ3n) is 4.61. The maximum Gasteiger partial charge on any atom is 0.282 e. The van der Waals surface area contributed by atoms with Crippen LogP contribution in [0.25, 0.3) is 0 Å². The lowest BCUT2D eigenvalue weighted by Gasteiger charge is -2.10. The number of anilines is 1. The van der Waals surface area contributed by atoms with Gasteiger partial charge in [-0.15, -0.1) is 0 Å². The maximum absolute atomic E-state index is 12.7. The Bertz CT molecular complexity index is 1390. The van der Waals surface area contributed by atoms with Gasteiger partial charge in [0.25, 0.3) is 21.8 Å². The number of carbonyl (C=O) groups is 2. The van der Waals surface area contributed by atoms with Gasteiger partial charge in [0.15, 0.2) is 6.04 Å². The molecule has 1 aromatic heterocycles. The number of sulfonamides is 1. The van der Waals surface area contributed by atoms with Gasteiger partial charge in [-0.25, -0.2) is 23.1 Å². The summed E-state index contributed by atoms with van der Waals surface area (Å²) in [7, 11) is -3.90. The zero-order valence-corrected chi connectivity index (χ0v) is 19.1. The predicted octanol–water partition coefficient (Wildman–Crippen LogP) is 3.44. The molecule has 0 bridgehead atoms. The number of halogens is 1. The van der Waals surface area contributed by atoms with Crippen LogP contribution in [0.2, 0.25) is 5.02 Å². The average molecular weight is 498 g/mol. The lowest BCUT2D eigenvalue weighted by atomic mass is 10.2. The molecule has 0 saturated heterocycles. The fourth-order valence-corrected chi connectivity index (χ4v) is 3.98. The molecule has 2 amide bonds. The summed E-state index contributed by atoms with van der Waals surface area (Å²) in [6, 6.07) is 12.0. The zero-order chi connectivity index (χ0) is 24.3. The van der Waals surface area contributed by atoms with Crippen LogP contribution in [-0.2, 0) is 14.8 Å². The molecule has 0 radical (unpaired) electrons. The van der Waals surface area contributed by atoms with Gasteiger partial charge in [-0.2, -0.15) is 20.3 Å². The second-order valence-electron chi connectivity index (χ2n) is 6.99. The van der Waals surface area contributed by atoms with Crippen molar-refractivity contribution in [3.8, 4) is 0 Å². The number of imide groups is 1. The van der Waals surface area contributed by atoms with E-state index in [0.717, 1.165) is 5.01 Å². The summed E-state index contributed by atoms with van der Waals surface area (Å²) < 4.78 is 27.2. The van der Waals surface area contributed by atoms with Gasteiger partial charge in [0.05, 0.1) is 16.3 Å². The highest BCUT2D eigenvalue weighted by Crippen LogP contribution is 2.22. The Labute approximate surface area is 199 Å². The van der Waals surface area contributed by atoms with Crippen molar-refractivity contribution in [1.29, 1.82) is 0 Å². The topological polar surface area (TPSA) is 146 Å². The first-order valence-corrected chi connectivity index (χ1v) is 11.6. The van der Waals surface area contributed by atoms with Crippen molar-refractivity contribution in [2.24, 2.45) is 15.3 Å². The van der Waals surface area contributed by atoms with Crippen molar-refractivity contribution in [3.05, 3.63) is 77.6 Å². The highest BCUT2D eigenvalue weighted by atomic mass is 35.5. The second-order valence-corrected chi connectivity index (χ2v) is 9.11. The molecule has 0 unspecified atom stereocenters. The Morgan fingerprint density at radius 2 is 1.71 bits per heavy atom. The van der Waals surface area contributed by atoms with Crippen LogP contribution in [0, 0.1) is 0 Å². The summed E-state index contributed by atoms with van der Waals surface area (Å²) in [5, 5.41) is 13.2. The molecular formula is C21H16ClN7O4S. The molecule has 1 N–H and O–H groups in total. The Kier molecular flexibility index (Phi) is 6.43. The minimum atomic E-state index is -3.90. The van der Waals surface area contributed by atoms with Gasteiger partial charge >= 0.3 is 0 Å². The molecule has 11 nitrogen and oxygen atoms in total. The second kappa shape index (κ2) is 9.45. The molecule has 1 aliphatic heterocycles. The lowest BCUT2D eigenvalue weighted by molar-refractivity contribution is -0.127. The van der Waals surface area contributed by atoms with Gasteiger partial charge in [0, 0.05) is 23.0 Å². The Balaban J connectivity index is 1.45. The van der Waals surface area contributed by atoms with E-state index in [2.05, 4.69) is 30.0 Å². The van der Waals surface area contributed by atoms with Crippen LogP contribution in [0.5, 0.6) is 0 Å². The molecule has 0 saturated carbocycles. The number of azo groups is 1. The van der Waals surface area contributed by atoms with Gasteiger partial charge in [-0.05, 0) is 61.5 Å². The van der Waals surface area contributed by atoms with Gasteiger partial charge < -0.3 is 0 Å². The number of hydrogen-bond donors (Lipinski definition) is 1. The third kappa shape index (κ3) is 4.97. The summed E-state index contributed by atoms with van der Waals surface area (Å²) in [6.45, 7) is 1.56. The number of rotatable bonds is 6. The van der Waals surface area contributed by atoms with Gasteiger partial charge in [0.2, 0.25) is 5.95 Å². The molecule has 0 fully saturated rings. The smallest absolute Gasteiger partial charge is 0.269 e. The summed E-state index contributed by atoms with van der Waals surface area (Å²) in [6.07, 6.45) is 2.82. The van der Waals surface area contributed by atoms with E-state index in [1.807, 2.05) is 0 Å². The minimum absolute atomic E-state index is 0.0340. The van der Waals surface area contributed by atoms with Crippen molar-refractivity contribution in [3.63, 3.8) is 0 Å². The van der Waals surface area contributed by atoms with Gasteiger partial charge in [-0.1, -0.05) is 11.6 Å². The Morgan fingerprint density at radius 3 is 2.35 bits per heavy atom. The molecule has 13 heteroatoms. The van der Waals surface area contributed by atoms with E-state index in [0.29, 0.717) is 16.4 Å². The van der Waals surface area contributed by atoms with Crippen molar-refractivity contribution in [2.45, 2.75) is 17.9 Å². The quantitative estimate of drug-likeness (QED) is 0.407. The molecule has 34 heavy (non-hydrogen) atoms. The SMILES string of the molecule is CC1=NN(C(=O)c2ccc(Cl)cc2)C(=O)[C@H]1N=Nc1ccc(S(=O)(=O)Nc2ncccn2)cc1. The predicted molar refractivity (Wildman–Crippen MR) is 123 cm³/mol. The van der Waals surface area contributed by atoms with Crippen LogP contribution in [0.15, 0.2) is 87.2 Å². The van der Waals surface area contributed by atoms with E-state index in [4.69, 9.17) is 11.6 Å². The molecule has 0 aliphatic carbocycles. The van der Waals surface area contributed by atoms with Crippen LogP contribution >= 0.6 is 11.6 Å². The highest BCUT2D eigenvalue weighted by molar-refractivity contribution is 7.92. The first-order chi connectivity index (χ1) is 16.2. The zero-order valence-electron chi connectivity index (χ0n) is 17.5. The number of nitrogens with one attached hydrogen (secondary N) is 1. The standard InChI is InChI=1S/C21H16ClN7O4S/c1-13-18(20(31)29(27-13)19(30)14-3-5-15(22)6-4-14)26-25-16-7-9-17(10-8-16)34(32,33)28-21-23-11-2-12-24-21/h2-12,18H,1H3,(H,23,24,28)/t18-/m0/s1. The average Bonchev–Trinajstić information content (AvgIpc) is 3.11. The molecule has 172 valence electrons. The van der Waals surface area contributed by atoms with E-state index >= 15 is 0 Å². The molecule has 4 rings (SSSR count). The molecule has 3 aromatic rings. The normalized spacial score (nSPS) is 16.1. The highest BCUT2D eigenvalue weighted by Gasteiger charge is 2.38. The monoisotopic (exact) mass is 497 g/mol.